The van der Waals surface area contributed by atoms with Crippen LogP contribution >= 0.6 is 45.9 Å². The first-order valence-electron chi connectivity index (χ1n) is 22.7. The van der Waals surface area contributed by atoms with Gasteiger partial charge in [0.25, 0.3) is 31.9 Å². The molecule has 21 heteroatoms. The number of rotatable bonds is 14. The minimum absolute atomic E-state index is 0.143. The minimum Gasteiger partial charge on any atom is -0.380 e. The molecule has 0 spiro atoms. The molecule has 2 fully saturated rings. The van der Waals surface area contributed by atoms with Gasteiger partial charge in [0, 0.05) is 82.6 Å². The number of carbonyl (C=O) groups is 2. The van der Waals surface area contributed by atoms with Crippen LogP contribution in [0, 0.1) is 17.2 Å². The molecule has 9 rings (SSSR count). The number of amides is 2. The van der Waals surface area contributed by atoms with Crippen molar-refractivity contribution in [2.24, 2.45) is 5.92 Å². The van der Waals surface area contributed by atoms with Gasteiger partial charge in [-0.1, -0.05) is 83.9 Å². The number of benzene rings is 4. The van der Waals surface area contributed by atoms with Crippen molar-refractivity contribution in [3.05, 3.63) is 194 Å². The molecule has 72 heavy (non-hydrogen) atoms. The lowest BCUT2D eigenvalue weighted by molar-refractivity contribution is -0.00529. The molecule has 0 unspecified atom stereocenters. The van der Waals surface area contributed by atoms with Crippen molar-refractivity contribution >= 4 is 83.6 Å². The summed E-state index contributed by atoms with van der Waals surface area (Å²) in [5, 5.41) is 28.0. The molecule has 372 valence electrons. The van der Waals surface area contributed by atoms with Crippen LogP contribution in [0.5, 0.6) is 0 Å². The molecule has 5 heterocycles. The second kappa shape index (κ2) is 23.2. The number of aromatic nitrogens is 2. The number of sulfonamides is 2. The Kier molecular flexibility index (Phi) is 16.9. The summed E-state index contributed by atoms with van der Waals surface area (Å²) in [4.78, 5) is 36.2. The predicted octanol–water partition coefficient (Wildman–Crippen LogP) is 8.17. The standard InChI is InChI=1S/C30H29ClN2O4S2.C21H19ClN6O3S2/c31-26-13-11-22(12-14-26)29(34)32-21-27-15-16-28(38-27)39(36,37)33-19-17-25(18-20-33)30(35,23-7-3-1-4-8-23)24-9-5-2-6-10-24;22-16-3-1-15(2-4-16)21(29)26-14-17-5-6-19(32-17)33(30,31)28-11-9-27(10-12-28)20-18(13-23)24-7-8-25-20/h1-16,25,35H,17-21H2,(H,32,34);1-8H,9-12,14H2,(H,26,29). The molecule has 4 aromatic carbocycles. The van der Waals surface area contributed by atoms with Gasteiger partial charge in [-0.25, -0.2) is 26.8 Å². The second-order valence-corrected chi connectivity index (χ2v) is 24.3. The van der Waals surface area contributed by atoms with E-state index in [2.05, 4.69) is 20.6 Å². The number of piperazine rings is 1. The van der Waals surface area contributed by atoms with Crippen LogP contribution in [0.15, 0.2) is 154 Å². The lowest BCUT2D eigenvalue weighted by atomic mass is 9.72. The molecule has 0 bridgehead atoms. The number of hydrogen-bond acceptors (Lipinski definition) is 13. The predicted molar refractivity (Wildman–Crippen MR) is 279 cm³/mol. The normalized spacial score (nSPS) is 14.9. The number of nitriles is 1. The zero-order chi connectivity index (χ0) is 50.9. The van der Waals surface area contributed by atoms with Crippen molar-refractivity contribution in [2.75, 3.05) is 44.2 Å². The largest absolute Gasteiger partial charge is 0.380 e. The Bertz CT molecular complexity index is 3210. The number of halogens is 2. The van der Waals surface area contributed by atoms with Gasteiger partial charge in [0.15, 0.2) is 11.5 Å². The Labute approximate surface area is 436 Å². The van der Waals surface area contributed by atoms with E-state index >= 15 is 0 Å². The topological polar surface area (TPSA) is 206 Å². The SMILES string of the molecule is N#Cc1nccnc1N1CCN(S(=O)(=O)c2ccc(CNC(=O)c3ccc(Cl)cc3)s2)CC1.O=C(NCc1ccc(S(=O)(=O)N2CCC(C(O)(c3ccccc3)c3ccccc3)CC2)s1)c1ccc(Cl)cc1. The second-order valence-electron chi connectivity index (χ2n) is 16.7. The van der Waals surface area contributed by atoms with E-state index in [-0.39, 0.29) is 58.0 Å². The van der Waals surface area contributed by atoms with Gasteiger partial charge in [-0.3, -0.25) is 9.59 Å². The third-order valence-electron chi connectivity index (χ3n) is 12.3. The molecule has 15 nitrogen and oxygen atoms in total. The van der Waals surface area contributed by atoms with Crippen molar-refractivity contribution in [1.82, 2.24) is 29.2 Å². The van der Waals surface area contributed by atoms with E-state index in [0.717, 1.165) is 43.6 Å². The van der Waals surface area contributed by atoms with Crippen LogP contribution in [0.3, 0.4) is 0 Å². The first kappa shape index (κ1) is 52.3. The molecule has 3 aromatic heterocycles. The highest BCUT2D eigenvalue weighted by Gasteiger charge is 2.43. The first-order valence-corrected chi connectivity index (χ1v) is 28.0. The van der Waals surface area contributed by atoms with Crippen LogP contribution in [0.4, 0.5) is 5.82 Å². The average Bonchev–Trinajstić information content (AvgIpc) is 4.12. The van der Waals surface area contributed by atoms with Gasteiger partial charge in [-0.2, -0.15) is 13.9 Å². The molecular weight excluding hydrogens is 1040 g/mol. The van der Waals surface area contributed by atoms with Gasteiger partial charge in [0.05, 0.1) is 13.1 Å². The summed E-state index contributed by atoms with van der Waals surface area (Å²) in [5.41, 5.74) is 1.58. The number of anilines is 1. The van der Waals surface area contributed by atoms with Crippen LogP contribution in [0.2, 0.25) is 10.0 Å². The maximum atomic E-state index is 13.5. The molecule has 3 N–H and O–H groups in total. The van der Waals surface area contributed by atoms with Crippen LogP contribution in [-0.4, -0.2) is 91.6 Å². The number of aliphatic hydroxyl groups is 1. The van der Waals surface area contributed by atoms with Crippen LogP contribution < -0.4 is 15.5 Å². The van der Waals surface area contributed by atoms with Gasteiger partial charge >= 0.3 is 0 Å². The van der Waals surface area contributed by atoms with Gasteiger partial charge < -0.3 is 20.6 Å². The molecule has 0 saturated carbocycles. The van der Waals surface area contributed by atoms with Gasteiger partial charge in [0.1, 0.15) is 20.1 Å². The van der Waals surface area contributed by atoms with E-state index < -0.39 is 25.6 Å². The van der Waals surface area contributed by atoms with Gasteiger partial charge in [0.2, 0.25) is 0 Å². The van der Waals surface area contributed by atoms with E-state index in [1.54, 1.807) is 72.8 Å². The molecule has 2 aliphatic heterocycles. The van der Waals surface area contributed by atoms with E-state index in [0.29, 0.717) is 66.0 Å². The Balaban J connectivity index is 0.000000195. The van der Waals surface area contributed by atoms with E-state index in [1.807, 2.05) is 71.6 Å². The zero-order valence-corrected chi connectivity index (χ0v) is 43.3. The van der Waals surface area contributed by atoms with Crippen molar-refractivity contribution in [3.63, 3.8) is 0 Å². The van der Waals surface area contributed by atoms with Crippen LogP contribution in [0.1, 0.15) is 60.1 Å². The maximum absolute atomic E-state index is 13.5. The monoisotopic (exact) mass is 1080 g/mol. The quantitative estimate of drug-likeness (QED) is 0.0947. The van der Waals surface area contributed by atoms with Crippen LogP contribution in [-0.2, 0) is 38.7 Å². The lowest BCUT2D eigenvalue weighted by Gasteiger charge is -2.41. The fourth-order valence-corrected chi connectivity index (χ4v) is 14.5. The van der Waals surface area contributed by atoms with Crippen molar-refractivity contribution in [1.29, 1.82) is 5.26 Å². The van der Waals surface area contributed by atoms with Crippen LogP contribution in [0.25, 0.3) is 0 Å². The Morgan fingerprint density at radius 2 is 1.06 bits per heavy atom. The highest BCUT2D eigenvalue weighted by atomic mass is 35.5. The van der Waals surface area contributed by atoms with Crippen molar-refractivity contribution in [2.45, 2.75) is 40.0 Å². The summed E-state index contributed by atoms with van der Waals surface area (Å²) in [6.07, 6.45) is 4.01. The molecule has 0 atom stereocenters. The summed E-state index contributed by atoms with van der Waals surface area (Å²) in [5.74, 6) is -0.195. The van der Waals surface area contributed by atoms with E-state index in [9.17, 15) is 36.8 Å². The number of piperidine rings is 1. The maximum Gasteiger partial charge on any atom is 0.252 e. The first-order chi connectivity index (χ1) is 34.7. The molecular formula is C51H48Cl2N8O7S4. The van der Waals surface area contributed by atoms with E-state index in [4.69, 9.17) is 23.2 Å². The molecule has 0 radical (unpaired) electrons. The molecule has 2 saturated heterocycles. The molecule has 0 aliphatic carbocycles. The molecule has 7 aromatic rings. The third-order valence-corrected chi connectivity index (χ3v) is 19.7. The molecule has 2 aliphatic rings. The Morgan fingerprint density at radius 1 is 0.625 bits per heavy atom. The van der Waals surface area contributed by atoms with E-state index in [1.165, 1.54) is 21.0 Å². The third kappa shape index (κ3) is 12.1. The number of hydrogen-bond donors (Lipinski definition) is 3. The summed E-state index contributed by atoms with van der Waals surface area (Å²) in [7, 11) is -7.35. The lowest BCUT2D eigenvalue weighted by Crippen LogP contribution is -2.49. The minimum atomic E-state index is -3.69. The van der Waals surface area contributed by atoms with Crippen molar-refractivity contribution in [3.8, 4) is 6.07 Å². The highest BCUT2D eigenvalue weighted by molar-refractivity contribution is 7.91. The Morgan fingerprint density at radius 3 is 1.50 bits per heavy atom. The fraction of sp³-hybridized carbons (Fsp3) is 0.235. The highest BCUT2D eigenvalue weighted by Crippen LogP contribution is 2.43. The number of nitrogens with zero attached hydrogens (tertiary/aromatic N) is 6. The summed E-state index contributed by atoms with van der Waals surface area (Å²) in [6.45, 7) is 2.42. The van der Waals surface area contributed by atoms with Gasteiger partial charge in [-0.15, -0.1) is 22.7 Å². The average molecular weight is 1080 g/mol. The number of carbonyl (C=O) groups excluding carboxylic acids is 2. The summed E-state index contributed by atoms with van der Waals surface area (Å²) >= 11 is 14.0. The Hall–Kier alpha value is -6.05. The number of thiophene rings is 2. The summed E-state index contributed by atoms with van der Waals surface area (Å²) in [6, 6.07) is 40.9. The smallest absolute Gasteiger partial charge is 0.252 e. The van der Waals surface area contributed by atoms with Crippen molar-refractivity contribution < 1.29 is 31.5 Å². The molecule has 2 amide bonds. The number of nitrogens with one attached hydrogen (secondary N) is 2. The zero-order valence-electron chi connectivity index (χ0n) is 38.5. The van der Waals surface area contributed by atoms with Gasteiger partial charge in [-0.05, 0) is 103 Å². The fourth-order valence-electron chi connectivity index (χ4n) is 8.50. The summed E-state index contributed by atoms with van der Waals surface area (Å²) < 4.78 is 56.5.